The van der Waals surface area contributed by atoms with Crippen molar-refractivity contribution in [2.45, 2.75) is 20.0 Å². The third-order valence-corrected chi connectivity index (χ3v) is 2.93. The molecule has 21 heavy (non-hydrogen) atoms. The minimum Gasteiger partial charge on any atom is -0.370 e. The molecule has 0 aliphatic carbocycles. The van der Waals surface area contributed by atoms with Gasteiger partial charge in [0.1, 0.15) is 0 Å². The van der Waals surface area contributed by atoms with Gasteiger partial charge in [0, 0.05) is 30.9 Å². The van der Waals surface area contributed by atoms with E-state index in [-0.39, 0.29) is 18.8 Å². The summed E-state index contributed by atoms with van der Waals surface area (Å²) in [7, 11) is 0. The van der Waals surface area contributed by atoms with E-state index in [1.165, 1.54) is 4.90 Å². The Kier molecular flexibility index (Phi) is 5.13. The highest BCUT2D eigenvalue weighted by Crippen LogP contribution is 2.38. The molecule has 0 amide bonds. The highest BCUT2D eigenvalue weighted by atomic mass is 19.4. The topological polar surface area (TPSA) is 70.2 Å². The number of nitro benzene ring substituents is 1. The van der Waals surface area contributed by atoms with Crippen LogP contribution in [0.2, 0.25) is 0 Å². The van der Waals surface area contributed by atoms with Gasteiger partial charge in [0.25, 0.3) is 5.69 Å². The Balaban J connectivity index is 3.33. The molecule has 1 rings (SSSR count). The van der Waals surface area contributed by atoms with Crippen LogP contribution in [0.4, 0.5) is 24.5 Å². The Labute approximate surface area is 119 Å². The lowest BCUT2D eigenvalue weighted by Gasteiger charge is -2.27. The Morgan fingerprint density at radius 2 is 2.10 bits per heavy atom. The number of nitriles is 1. The number of hydrogen-bond donors (Lipinski definition) is 0. The van der Waals surface area contributed by atoms with Crippen LogP contribution in [0.15, 0.2) is 18.2 Å². The van der Waals surface area contributed by atoms with Crippen molar-refractivity contribution >= 4 is 11.4 Å². The van der Waals surface area contributed by atoms with E-state index in [2.05, 4.69) is 0 Å². The molecule has 1 unspecified atom stereocenters. The number of benzene rings is 1. The van der Waals surface area contributed by atoms with Crippen molar-refractivity contribution in [1.29, 1.82) is 5.26 Å². The zero-order chi connectivity index (χ0) is 16.2. The molecular formula is C13H14F3N3O2. The van der Waals surface area contributed by atoms with Crippen LogP contribution >= 0.6 is 0 Å². The first-order valence-electron chi connectivity index (χ1n) is 6.20. The van der Waals surface area contributed by atoms with Crippen LogP contribution < -0.4 is 4.90 Å². The van der Waals surface area contributed by atoms with Gasteiger partial charge in [0.2, 0.25) is 0 Å². The maximum atomic E-state index is 13.1. The molecule has 0 aliphatic heterocycles. The first kappa shape index (κ1) is 16.8. The monoisotopic (exact) mass is 301 g/mol. The zero-order valence-corrected chi connectivity index (χ0v) is 11.5. The third-order valence-electron chi connectivity index (χ3n) is 2.93. The van der Waals surface area contributed by atoms with Gasteiger partial charge in [-0.25, -0.2) is 0 Å². The average Bonchev–Trinajstić information content (AvgIpc) is 2.42. The van der Waals surface area contributed by atoms with Crippen molar-refractivity contribution < 1.29 is 18.1 Å². The molecule has 0 heterocycles. The maximum absolute atomic E-state index is 13.1. The van der Waals surface area contributed by atoms with Crippen molar-refractivity contribution in [2.75, 3.05) is 18.0 Å². The Bertz CT molecular complexity index is 567. The number of alkyl halides is 3. The number of nitro groups is 1. The number of hydrogen-bond acceptors (Lipinski definition) is 4. The second kappa shape index (κ2) is 6.43. The summed E-state index contributed by atoms with van der Waals surface area (Å²) in [5.74, 6) is -0.457. The van der Waals surface area contributed by atoms with E-state index in [0.717, 1.165) is 12.1 Å². The summed E-state index contributed by atoms with van der Waals surface area (Å²) in [6, 6.07) is 4.59. The Morgan fingerprint density at radius 3 is 2.52 bits per heavy atom. The molecule has 0 fully saturated rings. The van der Waals surface area contributed by atoms with E-state index in [4.69, 9.17) is 5.26 Å². The molecule has 0 aliphatic rings. The van der Waals surface area contributed by atoms with E-state index in [1.54, 1.807) is 13.8 Å². The molecule has 0 radical (unpaired) electrons. The molecule has 0 aromatic heterocycles. The van der Waals surface area contributed by atoms with E-state index < -0.39 is 28.3 Å². The van der Waals surface area contributed by atoms with Gasteiger partial charge in [0.15, 0.2) is 0 Å². The van der Waals surface area contributed by atoms with Crippen molar-refractivity contribution in [3.8, 4) is 6.07 Å². The van der Waals surface area contributed by atoms with Crippen LogP contribution in [0.25, 0.3) is 0 Å². The lowest BCUT2D eigenvalue weighted by molar-refractivity contribution is -0.385. The fourth-order valence-corrected chi connectivity index (χ4v) is 1.91. The summed E-state index contributed by atoms with van der Waals surface area (Å²) in [4.78, 5) is 11.2. The molecule has 1 aromatic rings. The fraction of sp³-hybridized carbons (Fsp3) is 0.462. The van der Waals surface area contributed by atoms with Gasteiger partial charge in [-0.2, -0.15) is 18.4 Å². The predicted molar refractivity (Wildman–Crippen MR) is 70.8 cm³/mol. The van der Waals surface area contributed by atoms with Gasteiger partial charge in [-0.15, -0.1) is 0 Å². The molecular weight excluding hydrogens is 287 g/mol. The number of nitrogens with zero attached hydrogens (tertiary/aromatic N) is 3. The summed E-state index contributed by atoms with van der Waals surface area (Å²) >= 11 is 0. The number of rotatable bonds is 5. The Morgan fingerprint density at radius 1 is 1.48 bits per heavy atom. The summed E-state index contributed by atoms with van der Waals surface area (Å²) in [5.41, 5.74) is -1.84. The van der Waals surface area contributed by atoms with Gasteiger partial charge in [-0.05, 0) is 19.9 Å². The average molecular weight is 301 g/mol. The largest absolute Gasteiger partial charge is 0.418 e. The normalized spacial score (nSPS) is 12.6. The van der Waals surface area contributed by atoms with Crippen LogP contribution in [0, 0.1) is 27.4 Å². The fourth-order valence-electron chi connectivity index (χ4n) is 1.91. The molecule has 0 bridgehead atoms. The van der Waals surface area contributed by atoms with Gasteiger partial charge >= 0.3 is 6.18 Å². The molecule has 0 N–H and O–H groups in total. The van der Waals surface area contributed by atoms with Crippen LogP contribution in [0.1, 0.15) is 19.4 Å². The van der Waals surface area contributed by atoms with E-state index in [9.17, 15) is 23.3 Å². The molecule has 5 nitrogen and oxygen atoms in total. The minimum atomic E-state index is -4.70. The maximum Gasteiger partial charge on any atom is 0.418 e. The number of anilines is 1. The van der Waals surface area contributed by atoms with Crippen LogP contribution in [-0.2, 0) is 6.18 Å². The predicted octanol–water partition coefficient (Wildman–Crippen LogP) is 3.60. The number of non-ortho nitro benzene ring substituents is 1. The zero-order valence-electron chi connectivity index (χ0n) is 11.5. The highest BCUT2D eigenvalue weighted by Gasteiger charge is 2.36. The second-order valence-electron chi connectivity index (χ2n) is 4.53. The second-order valence-corrected chi connectivity index (χ2v) is 4.53. The molecule has 8 heteroatoms. The summed E-state index contributed by atoms with van der Waals surface area (Å²) in [5, 5.41) is 19.4. The lowest BCUT2D eigenvalue weighted by atomic mass is 10.1. The summed E-state index contributed by atoms with van der Waals surface area (Å²) in [6.07, 6.45) is -4.70. The molecule has 0 spiro atoms. The van der Waals surface area contributed by atoms with E-state index >= 15 is 0 Å². The summed E-state index contributed by atoms with van der Waals surface area (Å²) < 4.78 is 39.3. The molecule has 0 saturated heterocycles. The first-order chi connectivity index (χ1) is 9.70. The molecule has 0 saturated carbocycles. The van der Waals surface area contributed by atoms with Gasteiger partial charge in [-0.3, -0.25) is 10.1 Å². The standard InChI is InChI=1S/C13H14F3N3O2/c1-3-18(8-9(2)7-17)12-5-4-10(19(20)21)6-11(12)13(14,15)16/h4-6,9H,3,8H2,1-2H3. The lowest BCUT2D eigenvalue weighted by Crippen LogP contribution is -2.30. The van der Waals surface area contributed by atoms with Crippen LogP contribution in [-0.4, -0.2) is 18.0 Å². The third kappa shape index (κ3) is 4.08. The van der Waals surface area contributed by atoms with Crippen LogP contribution in [0.3, 0.4) is 0 Å². The smallest absolute Gasteiger partial charge is 0.370 e. The highest BCUT2D eigenvalue weighted by molar-refractivity contribution is 5.59. The van der Waals surface area contributed by atoms with Crippen molar-refractivity contribution in [3.05, 3.63) is 33.9 Å². The Hall–Kier alpha value is -2.30. The van der Waals surface area contributed by atoms with Crippen molar-refractivity contribution in [1.82, 2.24) is 0 Å². The SMILES string of the molecule is CCN(CC(C)C#N)c1ccc([N+](=O)[O-])cc1C(F)(F)F. The molecule has 1 aromatic carbocycles. The van der Waals surface area contributed by atoms with Gasteiger partial charge in [-0.1, -0.05) is 0 Å². The molecule has 1 atom stereocenters. The number of halogens is 3. The van der Waals surface area contributed by atoms with Gasteiger partial charge < -0.3 is 4.90 Å². The molecule has 114 valence electrons. The minimum absolute atomic E-state index is 0.119. The van der Waals surface area contributed by atoms with E-state index in [1.807, 2.05) is 6.07 Å². The van der Waals surface area contributed by atoms with Gasteiger partial charge in [0.05, 0.1) is 22.5 Å². The first-order valence-corrected chi connectivity index (χ1v) is 6.20. The quantitative estimate of drug-likeness (QED) is 0.615. The van der Waals surface area contributed by atoms with E-state index in [0.29, 0.717) is 6.07 Å². The van der Waals surface area contributed by atoms with Crippen molar-refractivity contribution in [3.63, 3.8) is 0 Å². The summed E-state index contributed by atoms with van der Waals surface area (Å²) in [6.45, 7) is 3.63. The van der Waals surface area contributed by atoms with Crippen LogP contribution in [0.5, 0.6) is 0 Å². The van der Waals surface area contributed by atoms with Crippen molar-refractivity contribution in [2.24, 2.45) is 5.92 Å².